The van der Waals surface area contributed by atoms with E-state index in [0.717, 1.165) is 11.0 Å². The summed E-state index contributed by atoms with van der Waals surface area (Å²) in [7, 11) is 1.95. The van der Waals surface area contributed by atoms with Gasteiger partial charge in [0.1, 0.15) is 11.6 Å². The Morgan fingerprint density at radius 3 is 2.70 bits per heavy atom. The molecular weight excluding hydrogens is 274 g/mol. The van der Waals surface area contributed by atoms with Crippen LogP contribution in [0.25, 0.3) is 0 Å². The zero-order valence-corrected chi connectivity index (χ0v) is 11.9. The van der Waals surface area contributed by atoms with Crippen molar-refractivity contribution in [3.63, 3.8) is 0 Å². The molecular formula is C14H15N3O2S. The molecule has 1 aromatic heterocycles. The van der Waals surface area contributed by atoms with E-state index in [0.29, 0.717) is 17.2 Å². The normalized spacial score (nSPS) is 14.4. The zero-order valence-electron chi connectivity index (χ0n) is 11.1. The van der Waals surface area contributed by atoms with Crippen LogP contribution in [0.1, 0.15) is 34.9 Å². The van der Waals surface area contributed by atoms with Crippen LogP contribution in [0.2, 0.25) is 0 Å². The Balaban J connectivity index is 1.64. The summed E-state index contributed by atoms with van der Waals surface area (Å²) in [6.07, 6.45) is 2.37. The van der Waals surface area contributed by atoms with Crippen LogP contribution in [0, 0.1) is 0 Å². The SMILES string of the molecule is Cn1c(SCC(=O)c2ccc(O)cc2)nnc1C1CC1. The molecule has 3 rings (SSSR count). The average molecular weight is 289 g/mol. The molecule has 0 saturated heterocycles. The molecule has 2 aromatic rings. The van der Waals surface area contributed by atoms with Crippen LogP contribution in [0.5, 0.6) is 5.75 Å². The van der Waals surface area contributed by atoms with Crippen molar-refractivity contribution in [1.82, 2.24) is 14.8 Å². The molecule has 1 aliphatic rings. The Hall–Kier alpha value is -1.82. The fourth-order valence-electron chi connectivity index (χ4n) is 2.01. The number of aromatic nitrogens is 3. The highest BCUT2D eigenvalue weighted by molar-refractivity contribution is 7.99. The van der Waals surface area contributed by atoms with Crippen molar-refractivity contribution < 1.29 is 9.90 Å². The monoisotopic (exact) mass is 289 g/mol. The number of carbonyl (C=O) groups is 1. The highest BCUT2D eigenvalue weighted by atomic mass is 32.2. The Bertz CT molecular complexity index is 632. The van der Waals surface area contributed by atoms with Crippen LogP contribution in [0.15, 0.2) is 29.4 Å². The Morgan fingerprint density at radius 1 is 1.35 bits per heavy atom. The van der Waals surface area contributed by atoms with Crippen LogP contribution in [0.4, 0.5) is 0 Å². The lowest BCUT2D eigenvalue weighted by molar-refractivity contribution is 0.102. The van der Waals surface area contributed by atoms with E-state index in [1.165, 1.54) is 36.7 Å². The van der Waals surface area contributed by atoms with Gasteiger partial charge in [-0.15, -0.1) is 10.2 Å². The third-order valence-corrected chi connectivity index (χ3v) is 4.35. The van der Waals surface area contributed by atoms with E-state index in [1.807, 2.05) is 11.6 Å². The molecule has 0 atom stereocenters. The highest BCUT2D eigenvalue weighted by Gasteiger charge is 2.29. The van der Waals surface area contributed by atoms with E-state index in [-0.39, 0.29) is 11.5 Å². The number of hydrogen-bond acceptors (Lipinski definition) is 5. The molecule has 1 aliphatic carbocycles. The zero-order chi connectivity index (χ0) is 14.1. The second-order valence-electron chi connectivity index (χ2n) is 4.93. The van der Waals surface area contributed by atoms with E-state index >= 15 is 0 Å². The minimum absolute atomic E-state index is 0.0194. The first-order valence-corrected chi connectivity index (χ1v) is 7.48. The third-order valence-electron chi connectivity index (χ3n) is 3.33. The van der Waals surface area contributed by atoms with Crippen molar-refractivity contribution in [3.8, 4) is 5.75 Å². The van der Waals surface area contributed by atoms with Gasteiger partial charge in [-0.1, -0.05) is 11.8 Å². The van der Waals surface area contributed by atoms with Gasteiger partial charge in [0, 0.05) is 18.5 Å². The largest absolute Gasteiger partial charge is 0.508 e. The molecule has 1 fully saturated rings. The smallest absolute Gasteiger partial charge is 0.191 e. The first-order valence-electron chi connectivity index (χ1n) is 6.49. The molecule has 0 radical (unpaired) electrons. The predicted molar refractivity (Wildman–Crippen MR) is 76.1 cm³/mol. The van der Waals surface area contributed by atoms with Crippen molar-refractivity contribution in [1.29, 1.82) is 0 Å². The van der Waals surface area contributed by atoms with Crippen molar-refractivity contribution in [2.24, 2.45) is 7.05 Å². The average Bonchev–Trinajstić information content (AvgIpc) is 3.22. The summed E-state index contributed by atoms with van der Waals surface area (Å²) in [6, 6.07) is 6.30. The lowest BCUT2D eigenvalue weighted by Gasteiger charge is -2.03. The standard InChI is InChI=1S/C14H15N3O2S/c1-17-13(10-2-3-10)15-16-14(17)20-8-12(19)9-4-6-11(18)7-5-9/h4-7,10,18H,2-3,8H2,1H3. The molecule has 5 nitrogen and oxygen atoms in total. The van der Waals surface area contributed by atoms with Gasteiger partial charge < -0.3 is 9.67 Å². The number of aromatic hydroxyl groups is 1. The summed E-state index contributed by atoms with van der Waals surface area (Å²) >= 11 is 1.40. The number of Topliss-reactive ketones (excluding diaryl/α,β-unsaturated/α-hetero) is 1. The summed E-state index contributed by atoms with van der Waals surface area (Å²) in [5.74, 6) is 2.07. The Labute approximate surface area is 121 Å². The summed E-state index contributed by atoms with van der Waals surface area (Å²) < 4.78 is 1.98. The van der Waals surface area contributed by atoms with Gasteiger partial charge in [0.2, 0.25) is 0 Å². The van der Waals surface area contributed by atoms with Crippen molar-refractivity contribution in [2.75, 3.05) is 5.75 Å². The fourth-order valence-corrected chi connectivity index (χ4v) is 2.82. The molecule has 0 amide bonds. The molecule has 104 valence electrons. The summed E-state index contributed by atoms with van der Waals surface area (Å²) in [5.41, 5.74) is 0.597. The number of rotatable bonds is 5. The van der Waals surface area contributed by atoms with E-state index in [1.54, 1.807) is 12.1 Å². The summed E-state index contributed by atoms with van der Waals surface area (Å²) in [4.78, 5) is 12.0. The number of ketones is 1. The van der Waals surface area contributed by atoms with Gasteiger partial charge in [0.15, 0.2) is 10.9 Å². The van der Waals surface area contributed by atoms with Gasteiger partial charge in [-0.05, 0) is 37.1 Å². The van der Waals surface area contributed by atoms with Crippen LogP contribution in [0.3, 0.4) is 0 Å². The molecule has 0 aliphatic heterocycles. The maximum atomic E-state index is 12.0. The molecule has 0 spiro atoms. The van der Waals surface area contributed by atoms with E-state index in [2.05, 4.69) is 10.2 Å². The molecule has 1 N–H and O–H groups in total. The number of nitrogens with zero attached hydrogens (tertiary/aromatic N) is 3. The quantitative estimate of drug-likeness (QED) is 0.676. The van der Waals surface area contributed by atoms with Gasteiger partial charge in [-0.3, -0.25) is 4.79 Å². The topological polar surface area (TPSA) is 68.0 Å². The van der Waals surface area contributed by atoms with Crippen molar-refractivity contribution in [3.05, 3.63) is 35.7 Å². The molecule has 20 heavy (non-hydrogen) atoms. The number of hydrogen-bond donors (Lipinski definition) is 1. The molecule has 0 unspecified atom stereocenters. The molecule has 6 heteroatoms. The van der Waals surface area contributed by atoms with Gasteiger partial charge in [0.05, 0.1) is 5.75 Å². The second-order valence-corrected chi connectivity index (χ2v) is 5.88. The first-order chi connectivity index (χ1) is 9.65. The number of phenolic OH excluding ortho intramolecular Hbond substituents is 1. The maximum absolute atomic E-state index is 12.0. The fraction of sp³-hybridized carbons (Fsp3) is 0.357. The predicted octanol–water partition coefficient (Wildman–Crippen LogP) is 2.37. The maximum Gasteiger partial charge on any atom is 0.191 e. The third kappa shape index (κ3) is 2.70. The number of carbonyl (C=O) groups excluding carboxylic acids is 1. The van der Waals surface area contributed by atoms with Crippen molar-refractivity contribution >= 4 is 17.5 Å². The molecule has 1 saturated carbocycles. The summed E-state index contributed by atoms with van der Waals surface area (Å²) in [6.45, 7) is 0. The first kappa shape index (κ1) is 13.2. The van der Waals surface area contributed by atoms with E-state index < -0.39 is 0 Å². The van der Waals surface area contributed by atoms with Crippen LogP contribution < -0.4 is 0 Å². The number of thioether (sulfide) groups is 1. The van der Waals surface area contributed by atoms with E-state index in [4.69, 9.17) is 0 Å². The minimum Gasteiger partial charge on any atom is -0.508 e. The summed E-state index contributed by atoms with van der Waals surface area (Å²) in [5, 5.41) is 18.3. The van der Waals surface area contributed by atoms with Crippen LogP contribution in [-0.2, 0) is 7.05 Å². The van der Waals surface area contributed by atoms with Gasteiger partial charge >= 0.3 is 0 Å². The van der Waals surface area contributed by atoms with Crippen LogP contribution >= 0.6 is 11.8 Å². The molecule has 1 heterocycles. The van der Waals surface area contributed by atoms with Gasteiger partial charge in [-0.2, -0.15) is 0 Å². The second kappa shape index (κ2) is 5.28. The lowest BCUT2D eigenvalue weighted by atomic mass is 10.1. The van der Waals surface area contributed by atoms with Crippen molar-refractivity contribution in [2.45, 2.75) is 23.9 Å². The van der Waals surface area contributed by atoms with E-state index in [9.17, 15) is 9.90 Å². The van der Waals surface area contributed by atoms with Gasteiger partial charge in [-0.25, -0.2) is 0 Å². The van der Waals surface area contributed by atoms with Gasteiger partial charge in [0.25, 0.3) is 0 Å². The highest BCUT2D eigenvalue weighted by Crippen LogP contribution is 2.39. The Kier molecular flexibility index (Phi) is 3.48. The minimum atomic E-state index is 0.0194. The number of phenols is 1. The Morgan fingerprint density at radius 2 is 2.05 bits per heavy atom. The number of benzene rings is 1. The lowest BCUT2D eigenvalue weighted by Crippen LogP contribution is -2.04. The molecule has 1 aromatic carbocycles. The molecule has 0 bridgehead atoms. The van der Waals surface area contributed by atoms with Crippen LogP contribution in [-0.4, -0.2) is 31.4 Å².